The number of aryl methyl sites for hydroxylation is 2. The summed E-state index contributed by atoms with van der Waals surface area (Å²) in [5.41, 5.74) is 2.78. The fourth-order valence-electron chi connectivity index (χ4n) is 3.67. The maximum Gasteiger partial charge on any atom is 0.320 e. The molecule has 0 radical (unpaired) electrons. The molecule has 2 aromatic heterocycles. The SMILES string of the molecule is Cc1cc(C(=O)CN2CCC[C@H]2C(=O)O)c(C)n1CCc1cccs1. The van der Waals surface area contributed by atoms with Crippen molar-refractivity contribution in [3.05, 3.63) is 45.4 Å². The smallest absolute Gasteiger partial charge is 0.320 e. The van der Waals surface area contributed by atoms with Gasteiger partial charge in [0.25, 0.3) is 0 Å². The summed E-state index contributed by atoms with van der Waals surface area (Å²) >= 11 is 1.75. The second-order valence-electron chi connectivity index (χ2n) is 6.66. The van der Waals surface area contributed by atoms with Crippen molar-refractivity contribution in [2.75, 3.05) is 13.1 Å². The molecule has 1 aliphatic heterocycles. The Morgan fingerprint density at radius 3 is 2.84 bits per heavy atom. The van der Waals surface area contributed by atoms with Crippen molar-refractivity contribution in [2.24, 2.45) is 0 Å². The van der Waals surface area contributed by atoms with E-state index in [9.17, 15) is 14.7 Å². The molecule has 3 rings (SSSR count). The molecule has 0 saturated carbocycles. The predicted octanol–water partition coefficient (Wildman–Crippen LogP) is 3.14. The zero-order valence-electron chi connectivity index (χ0n) is 14.7. The van der Waals surface area contributed by atoms with Crippen molar-refractivity contribution in [2.45, 2.75) is 45.7 Å². The minimum atomic E-state index is -0.827. The molecule has 0 bridgehead atoms. The molecule has 0 aromatic carbocycles. The van der Waals surface area contributed by atoms with Gasteiger partial charge in [0.2, 0.25) is 0 Å². The third-order valence-electron chi connectivity index (χ3n) is 5.03. The Labute approximate surface area is 151 Å². The molecule has 5 nitrogen and oxygen atoms in total. The lowest BCUT2D eigenvalue weighted by Crippen LogP contribution is -2.39. The second kappa shape index (κ2) is 7.54. The summed E-state index contributed by atoms with van der Waals surface area (Å²) in [6.07, 6.45) is 2.42. The number of hydrogen-bond donors (Lipinski definition) is 1. The number of aliphatic carboxylic acids is 1. The molecular formula is C19H24N2O3S. The summed E-state index contributed by atoms with van der Waals surface area (Å²) in [4.78, 5) is 27.2. The zero-order valence-corrected chi connectivity index (χ0v) is 15.5. The first kappa shape index (κ1) is 17.9. The van der Waals surface area contributed by atoms with E-state index in [0.29, 0.717) is 13.0 Å². The average Bonchev–Trinajstić information content (AvgIpc) is 3.27. The quantitative estimate of drug-likeness (QED) is 0.771. The predicted molar refractivity (Wildman–Crippen MR) is 98.5 cm³/mol. The lowest BCUT2D eigenvalue weighted by Gasteiger charge is -2.20. The second-order valence-corrected chi connectivity index (χ2v) is 7.69. The Morgan fingerprint density at radius 2 is 2.16 bits per heavy atom. The van der Waals surface area contributed by atoms with E-state index in [4.69, 9.17) is 0 Å². The maximum absolute atomic E-state index is 12.7. The standard InChI is InChI=1S/C19H24N2O3S/c1-13-11-16(14(2)21(13)9-7-15-5-4-10-25-15)18(22)12-20-8-3-6-17(20)19(23)24/h4-5,10-11,17H,3,6-9,12H2,1-2H3,(H,23,24)/t17-/m0/s1. The van der Waals surface area contributed by atoms with Crippen LogP contribution in [0.1, 0.15) is 39.5 Å². The van der Waals surface area contributed by atoms with Gasteiger partial charge >= 0.3 is 5.97 Å². The largest absolute Gasteiger partial charge is 0.480 e. The average molecular weight is 360 g/mol. The normalized spacial score (nSPS) is 17.9. The van der Waals surface area contributed by atoms with Gasteiger partial charge in [-0.3, -0.25) is 14.5 Å². The Morgan fingerprint density at radius 1 is 1.36 bits per heavy atom. The Hall–Kier alpha value is -1.92. The van der Waals surface area contributed by atoms with Gasteiger partial charge in [-0.05, 0) is 57.2 Å². The van der Waals surface area contributed by atoms with Crippen molar-refractivity contribution in [1.82, 2.24) is 9.47 Å². The number of carboxylic acids is 1. The third-order valence-corrected chi connectivity index (χ3v) is 5.97. The van der Waals surface area contributed by atoms with Gasteiger partial charge < -0.3 is 9.67 Å². The van der Waals surface area contributed by atoms with E-state index in [1.165, 1.54) is 4.88 Å². The monoisotopic (exact) mass is 360 g/mol. The van der Waals surface area contributed by atoms with Crippen LogP contribution in [-0.4, -0.2) is 45.5 Å². The first-order valence-electron chi connectivity index (χ1n) is 8.66. The first-order valence-corrected chi connectivity index (χ1v) is 9.54. The topological polar surface area (TPSA) is 62.5 Å². The van der Waals surface area contributed by atoms with E-state index in [1.54, 1.807) is 16.2 Å². The Kier molecular flexibility index (Phi) is 5.39. The van der Waals surface area contributed by atoms with Gasteiger partial charge in [0, 0.05) is 28.4 Å². The molecule has 0 aliphatic carbocycles. The van der Waals surface area contributed by atoms with Crippen LogP contribution in [-0.2, 0) is 17.8 Å². The van der Waals surface area contributed by atoms with Gasteiger partial charge in [-0.2, -0.15) is 0 Å². The number of rotatable bonds is 7. The van der Waals surface area contributed by atoms with Gasteiger partial charge in [0.15, 0.2) is 5.78 Å². The van der Waals surface area contributed by atoms with Crippen LogP contribution in [0.4, 0.5) is 0 Å². The number of likely N-dealkylation sites (tertiary alicyclic amines) is 1. The van der Waals surface area contributed by atoms with Crippen LogP contribution in [0.2, 0.25) is 0 Å². The number of aromatic nitrogens is 1. The molecule has 1 N–H and O–H groups in total. The number of thiophene rings is 1. The van der Waals surface area contributed by atoms with Crippen LogP contribution in [0, 0.1) is 13.8 Å². The highest BCUT2D eigenvalue weighted by atomic mass is 32.1. The van der Waals surface area contributed by atoms with Crippen molar-refractivity contribution >= 4 is 23.1 Å². The highest BCUT2D eigenvalue weighted by molar-refractivity contribution is 7.09. The molecule has 25 heavy (non-hydrogen) atoms. The summed E-state index contributed by atoms with van der Waals surface area (Å²) in [7, 11) is 0. The van der Waals surface area contributed by atoms with E-state index in [2.05, 4.69) is 22.1 Å². The molecule has 134 valence electrons. The van der Waals surface area contributed by atoms with Gasteiger partial charge in [0.05, 0.1) is 6.54 Å². The minimum absolute atomic E-state index is 0.0172. The molecule has 1 saturated heterocycles. The van der Waals surface area contributed by atoms with E-state index >= 15 is 0 Å². The van der Waals surface area contributed by atoms with E-state index < -0.39 is 12.0 Å². The van der Waals surface area contributed by atoms with Gasteiger partial charge in [-0.1, -0.05) is 6.07 Å². The first-order chi connectivity index (χ1) is 12.0. The van der Waals surface area contributed by atoms with E-state index in [-0.39, 0.29) is 12.3 Å². The van der Waals surface area contributed by atoms with Gasteiger partial charge in [-0.15, -0.1) is 11.3 Å². The number of Topliss-reactive ketones (excluding diaryl/α,β-unsaturated/α-hetero) is 1. The minimum Gasteiger partial charge on any atom is -0.480 e. The summed E-state index contributed by atoms with van der Waals surface area (Å²) in [6.45, 7) is 5.72. The Bertz CT molecular complexity index is 764. The van der Waals surface area contributed by atoms with Crippen LogP contribution in [0.15, 0.2) is 23.6 Å². The third kappa shape index (κ3) is 3.85. The lowest BCUT2D eigenvalue weighted by atomic mass is 10.1. The number of ketones is 1. The van der Waals surface area contributed by atoms with Gasteiger partial charge in [-0.25, -0.2) is 0 Å². The number of carbonyl (C=O) groups excluding carboxylic acids is 1. The highest BCUT2D eigenvalue weighted by Gasteiger charge is 2.32. The molecule has 1 atom stereocenters. The molecular weight excluding hydrogens is 336 g/mol. The lowest BCUT2D eigenvalue weighted by molar-refractivity contribution is -0.141. The van der Waals surface area contributed by atoms with Crippen molar-refractivity contribution < 1.29 is 14.7 Å². The van der Waals surface area contributed by atoms with Crippen LogP contribution >= 0.6 is 11.3 Å². The number of carboxylic acid groups (broad SMARTS) is 1. The summed E-state index contributed by atoms with van der Waals surface area (Å²) in [5.74, 6) is -0.810. The molecule has 2 aromatic rings. The number of hydrogen-bond acceptors (Lipinski definition) is 4. The van der Waals surface area contributed by atoms with Crippen LogP contribution < -0.4 is 0 Å². The number of carbonyl (C=O) groups is 2. The van der Waals surface area contributed by atoms with Crippen LogP contribution in [0.3, 0.4) is 0 Å². The number of nitrogens with zero attached hydrogens (tertiary/aromatic N) is 2. The molecule has 3 heterocycles. The molecule has 0 amide bonds. The van der Waals surface area contributed by atoms with Crippen molar-refractivity contribution in [3.63, 3.8) is 0 Å². The fraction of sp³-hybridized carbons (Fsp3) is 0.474. The maximum atomic E-state index is 12.7. The summed E-state index contributed by atoms with van der Waals surface area (Å²) in [5, 5.41) is 11.4. The van der Waals surface area contributed by atoms with Crippen molar-refractivity contribution in [3.8, 4) is 0 Å². The molecule has 1 aliphatic rings. The zero-order chi connectivity index (χ0) is 18.0. The Balaban J connectivity index is 1.70. The van der Waals surface area contributed by atoms with Crippen molar-refractivity contribution in [1.29, 1.82) is 0 Å². The molecule has 1 fully saturated rings. The molecule has 6 heteroatoms. The van der Waals surface area contributed by atoms with Crippen LogP contribution in [0.5, 0.6) is 0 Å². The van der Waals surface area contributed by atoms with Crippen LogP contribution in [0.25, 0.3) is 0 Å². The van der Waals surface area contributed by atoms with Gasteiger partial charge in [0.1, 0.15) is 6.04 Å². The fourth-order valence-corrected chi connectivity index (χ4v) is 4.37. The molecule has 0 spiro atoms. The van der Waals surface area contributed by atoms with E-state index in [1.807, 2.05) is 19.9 Å². The highest BCUT2D eigenvalue weighted by Crippen LogP contribution is 2.21. The summed E-state index contributed by atoms with van der Waals surface area (Å²) < 4.78 is 2.19. The molecule has 0 unspecified atom stereocenters. The summed E-state index contributed by atoms with van der Waals surface area (Å²) in [6, 6.07) is 5.60. The van der Waals surface area contributed by atoms with E-state index in [0.717, 1.165) is 36.3 Å².